The number of likely N-dealkylation sites (N-methyl/N-ethyl adjacent to an activating group) is 1. The van der Waals surface area contributed by atoms with E-state index in [0.717, 1.165) is 43.4 Å². The van der Waals surface area contributed by atoms with E-state index in [1.165, 1.54) is 7.05 Å². The molecule has 0 spiro atoms. The second-order valence-corrected chi connectivity index (χ2v) is 9.51. The summed E-state index contributed by atoms with van der Waals surface area (Å²) in [6.07, 6.45) is 4.06. The number of nitrogens with zero attached hydrogens (tertiary/aromatic N) is 2. The average molecular weight is 556 g/mol. The number of carboxylic acids is 1. The molecule has 14 nitrogen and oxygen atoms in total. The first kappa shape index (κ1) is 34.4. The topological polar surface area (TPSA) is 186 Å². The Hall–Kier alpha value is -2.57. The van der Waals surface area contributed by atoms with Gasteiger partial charge in [0.1, 0.15) is 6.54 Å². The van der Waals surface area contributed by atoms with Crippen LogP contribution < -0.4 is 5.73 Å². The van der Waals surface area contributed by atoms with E-state index in [1.54, 1.807) is 0 Å². The van der Waals surface area contributed by atoms with Gasteiger partial charge in [0, 0.05) is 19.9 Å². The third-order valence-electron chi connectivity index (χ3n) is 4.45. The Bertz CT molecular complexity index is 699. The quantitative estimate of drug-likeness (QED) is 0.0683. The Morgan fingerprint density at radius 2 is 1.16 bits per heavy atom. The molecule has 3 N–H and O–H groups in total. The van der Waals surface area contributed by atoms with Gasteiger partial charge in [-0.1, -0.05) is 39.5 Å². The van der Waals surface area contributed by atoms with Crippen LogP contribution in [0.2, 0.25) is 0 Å². The van der Waals surface area contributed by atoms with Gasteiger partial charge < -0.3 is 34.7 Å². The Morgan fingerprint density at radius 3 is 1.54 bits per heavy atom. The molecule has 0 aromatic heterocycles. The van der Waals surface area contributed by atoms with E-state index in [-0.39, 0.29) is 58.4 Å². The summed E-state index contributed by atoms with van der Waals surface area (Å²) in [5.74, 6) is -1.54. The molecule has 15 heteroatoms. The first-order valence-electron chi connectivity index (χ1n) is 12.4. The summed E-state index contributed by atoms with van der Waals surface area (Å²) in [5.41, 5.74) is 5.74. The molecule has 0 saturated heterocycles. The lowest BCUT2D eigenvalue weighted by Gasteiger charge is -2.19. The number of hydrogen-bond donors (Lipinski definition) is 2. The summed E-state index contributed by atoms with van der Waals surface area (Å²) < 4.78 is 47.0. The molecule has 0 aromatic rings. The van der Waals surface area contributed by atoms with Gasteiger partial charge in [-0.05, 0) is 12.8 Å². The molecule has 0 rings (SSSR count). The van der Waals surface area contributed by atoms with E-state index in [2.05, 4.69) is 4.76 Å². The molecule has 216 valence electrons. The molecule has 0 aliphatic rings. The fourth-order valence-electron chi connectivity index (χ4n) is 2.47. The van der Waals surface area contributed by atoms with Crippen LogP contribution in [-0.4, -0.2) is 87.5 Å². The second-order valence-electron chi connectivity index (χ2n) is 7.86. The van der Waals surface area contributed by atoms with Crippen molar-refractivity contribution in [3.8, 4) is 0 Å². The average Bonchev–Trinajstić information content (AvgIpc) is 2.83. The van der Waals surface area contributed by atoms with E-state index in [4.69, 9.17) is 38.8 Å². The summed E-state index contributed by atoms with van der Waals surface area (Å²) in [7, 11) is -2.82. The van der Waals surface area contributed by atoms with Crippen LogP contribution in [0.1, 0.15) is 65.2 Å². The van der Waals surface area contributed by atoms with Gasteiger partial charge in [0.15, 0.2) is 0 Å². The lowest BCUT2D eigenvalue weighted by molar-refractivity contribution is -0.137. The smallest absolute Gasteiger partial charge is 0.480 e. The summed E-state index contributed by atoms with van der Waals surface area (Å²) in [6.45, 7) is 3.66. The Kier molecular flexibility index (Phi) is 20.0. The van der Waals surface area contributed by atoms with Crippen molar-refractivity contribution in [1.82, 2.24) is 4.90 Å². The molecule has 0 fully saturated rings. The molecule has 0 atom stereocenters. The van der Waals surface area contributed by atoms with E-state index >= 15 is 0 Å². The summed E-state index contributed by atoms with van der Waals surface area (Å²) in [5, 5.41) is 8.90. The normalized spacial score (nSPS) is 11.6. The number of carbonyl (C=O) groups excluding carboxylic acids is 2. The highest BCUT2D eigenvalue weighted by molar-refractivity contribution is 7.52. The van der Waals surface area contributed by atoms with Crippen molar-refractivity contribution < 1.29 is 52.1 Å². The zero-order valence-corrected chi connectivity index (χ0v) is 22.9. The van der Waals surface area contributed by atoms with Crippen LogP contribution in [0.4, 0.5) is 9.59 Å². The number of guanidine groups is 1. The largest absolute Gasteiger partial charge is 0.508 e. The summed E-state index contributed by atoms with van der Waals surface area (Å²) in [6, 6.07) is 0. The minimum absolute atomic E-state index is 0.0566. The number of aliphatic carboxylic acids is 1. The molecular formula is C22H42N3O11P. The number of unbranched alkanes of at least 4 members (excludes halogenated alkanes) is 4. The number of carboxylic acid groups (broad SMARTS) is 1. The van der Waals surface area contributed by atoms with Crippen LogP contribution in [0, 0.1) is 0 Å². The van der Waals surface area contributed by atoms with Crippen LogP contribution in [0.3, 0.4) is 0 Å². The van der Waals surface area contributed by atoms with Crippen molar-refractivity contribution in [3.63, 3.8) is 0 Å². The summed E-state index contributed by atoms with van der Waals surface area (Å²) >= 11 is 0. The van der Waals surface area contributed by atoms with Gasteiger partial charge in [0.05, 0.1) is 39.6 Å². The Morgan fingerprint density at radius 1 is 0.757 bits per heavy atom. The highest BCUT2D eigenvalue weighted by atomic mass is 31.2. The Balaban J connectivity index is 4.63. The lowest BCUT2D eigenvalue weighted by atomic mass is 10.3. The molecule has 0 aliphatic carbocycles. The van der Waals surface area contributed by atoms with Crippen LogP contribution in [0.25, 0.3) is 0 Å². The van der Waals surface area contributed by atoms with Crippen molar-refractivity contribution >= 4 is 32.0 Å². The molecule has 0 heterocycles. The van der Waals surface area contributed by atoms with E-state index < -0.39 is 32.6 Å². The molecule has 0 amide bonds. The highest BCUT2D eigenvalue weighted by Crippen LogP contribution is 2.50. The fraction of sp³-hybridized carbons (Fsp3) is 0.818. The lowest BCUT2D eigenvalue weighted by Crippen LogP contribution is -2.37. The zero-order chi connectivity index (χ0) is 27.9. The SMILES string of the molecule is CCCCCOC(=O)OCCCOP(=O)(N=C(N)N(C)CC(=O)O)OCCCOC(=O)OCCCCC. The minimum atomic E-state index is -4.17. The van der Waals surface area contributed by atoms with Crippen molar-refractivity contribution in [2.24, 2.45) is 10.5 Å². The molecule has 0 saturated carbocycles. The van der Waals surface area contributed by atoms with Gasteiger partial charge in [-0.25, -0.2) is 14.2 Å². The van der Waals surface area contributed by atoms with Gasteiger partial charge in [0.25, 0.3) is 0 Å². The maximum atomic E-state index is 13.1. The zero-order valence-electron chi connectivity index (χ0n) is 22.1. The number of hydrogen-bond acceptors (Lipinski definition) is 10. The highest BCUT2D eigenvalue weighted by Gasteiger charge is 2.26. The third kappa shape index (κ3) is 20.2. The number of rotatable bonds is 21. The monoisotopic (exact) mass is 555 g/mol. The van der Waals surface area contributed by atoms with E-state index in [0.29, 0.717) is 0 Å². The molecule has 37 heavy (non-hydrogen) atoms. The molecule has 0 aromatic carbocycles. The first-order chi connectivity index (χ1) is 17.6. The van der Waals surface area contributed by atoms with Crippen molar-refractivity contribution in [2.45, 2.75) is 65.2 Å². The second kappa shape index (κ2) is 21.5. The molecule has 0 unspecified atom stereocenters. The van der Waals surface area contributed by atoms with Crippen LogP contribution >= 0.6 is 7.75 Å². The van der Waals surface area contributed by atoms with Crippen LogP contribution in [0.15, 0.2) is 4.76 Å². The van der Waals surface area contributed by atoms with Crippen LogP contribution in [-0.2, 0) is 37.4 Å². The maximum absolute atomic E-state index is 13.1. The van der Waals surface area contributed by atoms with Gasteiger partial charge in [0.2, 0.25) is 5.96 Å². The molecule has 0 radical (unpaired) electrons. The number of nitrogens with two attached hydrogens (primary N) is 1. The van der Waals surface area contributed by atoms with Gasteiger partial charge in [-0.3, -0.25) is 13.8 Å². The third-order valence-corrected chi connectivity index (χ3v) is 5.92. The fourth-order valence-corrected chi connectivity index (χ4v) is 3.78. The molecule has 0 bridgehead atoms. The first-order valence-corrected chi connectivity index (χ1v) is 13.9. The minimum Gasteiger partial charge on any atom is -0.480 e. The predicted octanol–water partition coefficient (Wildman–Crippen LogP) is 3.93. The van der Waals surface area contributed by atoms with Crippen molar-refractivity contribution in [2.75, 3.05) is 53.2 Å². The van der Waals surface area contributed by atoms with Crippen molar-refractivity contribution in [3.05, 3.63) is 0 Å². The van der Waals surface area contributed by atoms with Crippen LogP contribution in [0.5, 0.6) is 0 Å². The molecule has 0 aliphatic heterocycles. The Labute approximate surface area is 218 Å². The molecular weight excluding hydrogens is 513 g/mol. The number of carbonyl (C=O) groups is 3. The van der Waals surface area contributed by atoms with Gasteiger partial charge in [-0.15, -0.1) is 4.76 Å². The van der Waals surface area contributed by atoms with Crippen molar-refractivity contribution in [1.29, 1.82) is 0 Å². The maximum Gasteiger partial charge on any atom is 0.508 e. The summed E-state index contributed by atoms with van der Waals surface area (Å²) in [4.78, 5) is 35.0. The predicted molar refractivity (Wildman–Crippen MR) is 134 cm³/mol. The standard InChI is InChI=1S/C22H42N3O11P/c1-4-6-8-12-31-21(28)33-14-10-16-35-37(30,24-20(23)25(3)18-19(26)27)36-17-11-15-34-22(29)32-13-9-7-5-2/h4-18H2,1-3H3,(H,26,27)(H2,23,24,30). The van der Waals surface area contributed by atoms with Gasteiger partial charge in [-0.2, -0.15) is 0 Å². The van der Waals surface area contributed by atoms with E-state index in [1.807, 2.05) is 13.8 Å². The number of ether oxygens (including phenoxy) is 4. The van der Waals surface area contributed by atoms with E-state index in [9.17, 15) is 18.9 Å². The van der Waals surface area contributed by atoms with Gasteiger partial charge >= 0.3 is 26.0 Å².